The molecule has 2 heteroatoms. The molecule has 1 aromatic rings. The molecular weight excluding hydrogens is 332 g/mol. The second-order valence-corrected chi connectivity index (χ2v) is 27.2. The Kier molecular flexibility index (Phi) is 2.64. The molecule has 0 amide bonds. The fraction of sp³-hybridized carbons (Fsp3) is 0.652. The number of fused-ring (bicyclic) bond motifs is 1. The third kappa shape index (κ3) is 1.40. The van der Waals surface area contributed by atoms with Gasteiger partial charge in [0.05, 0.1) is 0 Å². The third-order valence-corrected chi connectivity index (χ3v) is 33.4. The van der Waals surface area contributed by atoms with Gasteiger partial charge in [0.15, 0.2) is 0 Å². The van der Waals surface area contributed by atoms with E-state index in [9.17, 15) is 0 Å². The fourth-order valence-electron chi connectivity index (χ4n) is 9.75. The number of benzene rings is 1. The quantitative estimate of drug-likeness (QED) is 0.526. The zero-order chi connectivity index (χ0) is 17.2. The van der Waals surface area contributed by atoms with Gasteiger partial charge in [0.25, 0.3) is 0 Å². The van der Waals surface area contributed by atoms with E-state index in [4.69, 9.17) is 0 Å². The second-order valence-electron chi connectivity index (χ2n) is 11.2. The average Bonchev–Trinajstić information content (AvgIpc) is 2.89. The second kappa shape index (κ2) is 4.27. The zero-order valence-electron chi connectivity index (χ0n) is 16.4. The molecule has 4 saturated carbocycles. The highest BCUT2D eigenvalue weighted by Crippen LogP contribution is 2.88. The summed E-state index contributed by atoms with van der Waals surface area (Å²) in [6, 6.07) is 7.37. The summed E-state index contributed by atoms with van der Waals surface area (Å²) >= 11 is 0. The smallest absolute Gasteiger partial charge is 0.0463 e. The van der Waals surface area contributed by atoms with Crippen LogP contribution in [0.2, 0.25) is 30.8 Å². The molecule has 0 aromatic heterocycles. The van der Waals surface area contributed by atoms with E-state index in [-0.39, 0.29) is 0 Å². The molecule has 0 nitrogen and oxygen atoms in total. The highest BCUT2D eigenvalue weighted by Gasteiger charge is 2.89. The van der Waals surface area contributed by atoms with Crippen molar-refractivity contribution in [1.29, 1.82) is 0 Å². The lowest BCUT2D eigenvalue weighted by molar-refractivity contribution is -0.0180. The predicted molar refractivity (Wildman–Crippen MR) is 112 cm³/mol. The topological polar surface area (TPSA) is 0 Å². The van der Waals surface area contributed by atoms with Gasteiger partial charge < -0.3 is 0 Å². The van der Waals surface area contributed by atoms with Gasteiger partial charge in [-0.25, -0.2) is 0 Å². The summed E-state index contributed by atoms with van der Waals surface area (Å²) in [6.45, 7) is 11.2. The molecule has 25 heavy (non-hydrogen) atoms. The summed E-state index contributed by atoms with van der Waals surface area (Å²) in [5.41, 5.74) is 5.65. The molecule has 0 N–H and O–H groups in total. The van der Waals surface area contributed by atoms with Crippen LogP contribution in [-0.2, 0) is 11.8 Å². The fourth-order valence-corrected chi connectivity index (χ4v) is 33.3. The van der Waals surface area contributed by atoms with Crippen molar-refractivity contribution in [2.75, 3.05) is 0 Å². The van der Waals surface area contributed by atoms with E-state index in [0.29, 0.717) is 5.41 Å². The summed E-state index contributed by atoms with van der Waals surface area (Å²) in [6.07, 6.45) is 13.9. The lowest BCUT2D eigenvalue weighted by Gasteiger charge is -2.65. The van der Waals surface area contributed by atoms with Crippen molar-refractivity contribution in [2.24, 2.45) is 17.8 Å². The van der Waals surface area contributed by atoms with Gasteiger partial charge in [0, 0.05) is 15.2 Å². The molecule has 5 aliphatic carbocycles. The van der Waals surface area contributed by atoms with E-state index >= 15 is 0 Å². The van der Waals surface area contributed by atoms with Crippen LogP contribution in [0.25, 0.3) is 6.08 Å². The number of hydrogen-bond donors (Lipinski definition) is 0. The van der Waals surface area contributed by atoms with Crippen molar-refractivity contribution < 1.29 is 0 Å². The van der Waals surface area contributed by atoms with E-state index in [0.717, 1.165) is 22.4 Å². The van der Waals surface area contributed by atoms with Crippen molar-refractivity contribution in [3.63, 3.8) is 0 Å². The Hall–Kier alpha value is -0.606. The minimum absolute atomic E-state index is 0.563. The molecule has 1 aliphatic heterocycles. The van der Waals surface area contributed by atoms with Crippen LogP contribution in [0.4, 0.5) is 0 Å². The van der Waals surface area contributed by atoms with Crippen molar-refractivity contribution in [3.05, 3.63) is 41.0 Å². The monoisotopic (exact) mass is 364 g/mol. The van der Waals surface area contributed by atoms with Gasteiger partial charge >= 0.3 is 0 Å². The molecule has 132 valence electrons. The van der Waals surface area contributed by atoms with E-state index < -0.39 is 15.2 Å². The Balaban J connectivity index is 1.65. The Labute approximate surface area is 154 Å². The SMILES string of the molecule is C[Si]1(C)C2(C3CC4CC(C3)CC2(c2cccc3c2C=CC3)C4)[Si]1(C)C. The average molecular weight is 365 g/mol. The van der Waals surface area contributed by atoms with Crippen molar-refractivity contribution in [3.8, 4) is 0 Å². The van der Waals surface area contributed by atoms with Crippen LogP contribution in [0.15, 0.2) is 24.3 Å². The van der Waals surface area contributed by atoms with Gasteiger partial charge in [-0.2, -0.15) is 0 Å². The standard InChI is InChI=1S/C23H32Si2/c1-24(2)23(25(24,3)4)19-12-16-11-17(13-19)15-22(23,14-16)21-10-6-8-18-7-5-9-20(18)21/h5-6,8-10,16-17,19H,7,11-15H2,1-4H3. The molecule has 1 heterocycles. The molecule has 4 bridgehead atoms. The van der Waals surface area contributed by atoms with Crippen LogP contribution < -0.4 is 0 Å². The largest absolute Gasteiger partial charge is 0.0795 e. The lowest BCUT2D eigenvalue weighted by atomic mass is 9.46. The summed E-state index contributed by atoms with van der Waals surface area (Å²) in [4.78, 5) is 0. The van der Waals surface area contributed by atoms with E-state index in [2.05, 4.69) is 56.5 Å². The molecule has 2 atom stereocenters. The van der Waals surface area contributed by atoms with Crippen LogP contribution >= 0.6 is 0 Å². The molecule has 1 saturated heterocycles. The molecule has 1 aromatic carbocycles. The van der Waals surface area contributed by atoms with Crippen LogP contribution in [0.5, 0.6) is 0 Å². The zero-order valence-corrected chi connectivity index (χ0v) is 18.4. The summed E-state index contributed by atoms with van der Waals surface area (Å²) in [5.74, 6) is 3.17. The summed E-state index contributed by atoms with van der Waals surface area (Å²) < 4.78 is 0.798. The Morgan fingerprint density at radius 1 is 0.920 bits per heavy atom. The number of rotatable bonds is 1. The first-order valence-corrected chi connectivity index (χ1v) is 17.6. The Morgan fingerprint density at radius 3 is 2.24 bits per heavy atom. The lowest BCUT2D eigenvalue weighted by Crippen LogP contribution is -2.57. The van der Waals surface area contributed by atoms with E-state index in [1.807, 2.05) is 5.56 Å². The van der Waals surface area contributed by atoms with Crippen molar-refractivity contribution in [1.82, 2.24) is 0 Å². The maximum Gasteiger partial charge on any atom is 0.0463 e. The highest BCUT2D eigenvalue weighted by atomic mass is 29.3. The summed E-state index contributed by atoms with van der Waals surface area (Å²) in [5, 5.41) is 0. The minimum atomic E-state index is -1.12. The Bertz CT molecular complexity index is 787. The number of hydrogen-bond acceptors (Lipinski definition) is 0. The van der Waals surface area contributed by atoms with Crippen LogP contribution in [-0.4, -0.2) is 15.2 Å². The normalized spacial score (nSPS) is 42.8. The molecule has 2 unspecified atom stereocenters. The van der Waals surface area contributed by atoms with Crippen LogP contribution in [0.1, 0.15) is 48.8 Å². The molecule has 1 spiro atoms. The summed E-state index contributed by atoms with van der Waals surface area (Å²) in [7, 11) is -2.23. The van der Waals surface area contributed by atoms with Gasteiger partial charge in [-0.05, 0) is 83.0 Å². The van der Waals surface area contributed by atoms with Crippen molar-refractivity contribution >= 4 is 21.3 Å². The first-order valence-electron chi connectivity index (χ1n) is 10.6. The molecule has 6 aliphatic rings. The molecule has 5 fully saturated rings. The highest BCUT2D eigenvalue weighted by molar-refractivity contribution is 7.61. The van der Waals surface area contributed by atoms with Crippen LogP contribution in [0.3, 0.4) is 0 Å². The van der Waals surface area contributed by atoms with Crippen molar-refractivity contribution in [2.45, 2.75) is 74.8 Å². The van der Waals surface area contributed by atoms with E-state index in [1.165, 1.54) is 19.3 Å². The van der Waals surface area contributed by atoms with E-state index in [1.54, 1.807) is 30.4 Å². The third-order valence-electron chi connectivity index (χ3n) is 10.3. The van der Waals surface area contributed by atoms with Gasteiger partial charge in [0.1, 0.15) is 0 Å². The number of allylic oxidation sites excluding steroid dienone is 1. The molecule has 0 radical (unpaired) electrons. The maximum atomic E-state index is 2.81. The van der Waals surface area contributed by atoms with Gasteiger partial charge in [-0.1, -0.05) is 56.5 Å². The predicted octanol–water partition coefficient (Wildman–Crippen LogP) is 6.12. The Morgan fingerprint density at radius 2 is 1.60 bits per heavy atom. The van der Waals surface area contributed by atoms with Gasteiger partial charge in [-0.15, -0.1) is 0 Å². The van der Waals surface area contributed by atoms with Crippen LogP contribution in [0, 0.1) is 17.8 Å². The first kappa shape index (κ1) is 15.5. The van der Waals surface area contributed by atoms with Gasteiger partial charge in [-0.3, -0.25) is 0 Å². The molecular formula is C23H32Si2. The minimum Gasteiger partial charge on any atom is -0.0795 e. The first-order chi connectivity index (χ1) is 11.9. The maximum absolute atomic E-state index is 2.81. The molecule has 7 rings (SSSR count). The van der Waals surface area contributed by atoms with Gasteiger partial charge in [0.2, 0.25) is 0 Å².